The molecule has 1 aliphatic heterocycles. The first kappa shape index (κ1) is 16.7. The first-order valence-electron chi connectivity index (χ1n) is 8.22. The van der Waals surface area contributed by atoms with E-state index in [0.717, 1.165) is 18.5 Å². The van der Waals surface area contributed by atoms with Gasteiger partial charge in [0.05, 0.1) is 19.3 Å². The molecule has 0 spiro atoms. The number of anilines is 1. The Morgan fingerprint density at radius 1 is 1.13 bits per heavy atom. The highest BCUT2D eigenvalue weighted by molar-refractivity contribution is 5.42. The third-order valence-electron chi connectivity index (χ3n) is 4.53. The van der Waals surface area contributed by atoms with Crippen molar-refractivity contribution in [2.45, 2.75) is 37.4 Å². The molecule has 0 unspecified atom stereocenters. The SMILES string of the molecule is OC[C@H]1O[C@H](OCC2CC2)[C@@H](O)[C@@H](CNc2ccccc2)[C@H]1O. The van der Waals surface area contributed by atoms with Crippen LogP contribution >= 0.6 is 0 Å². The maximum absolute atomic E-state index is 10.5. The van der Waals surface area contributed by atoms with Gasteiger partial charge in [-0.1, -0.05) is 18.2 Å². The number of benzene rings is 1. The number of para-hydroxylation sites is 1. The molecule has 1 aromatic rings. The smallest absolute Gasteiger partial charge is 0.184 e. The van der Waals surface area contributed by atoms with E-state index in [1.165, 1.54) is 0 Å². The molecule has 1 aliphatic carbocycles. The first-order valence-corrected chi connectivity index (χ1v) is 8.22. The zero-order chi connectivity index (χ0) is 16.2. The van der Waals surface area contributed by atoms with Crippen LogP contribution in [0.5, 0.6) is 0 Å². The van der Waals surface area contributed by atoms with E-state index in [4.69, 9.17) is 9.47 Å². The second-order valence-electron chi connectivity index (χ2n) is 6.39. The summed E-state index contributed by atoms with van der Waals surface area (Å²) in [5, 5.41) is 33.5. The lowest BCUT2D eigenvalue weighted by atomic mass is 9.89. The average Bonchev–Trinajstić information content (AvgIpc) is 3.39. The minimum absolute atomic E-state index is 0.307. The van der Waals surface area contributed by atoms with Crippen LogP contribution < -0.4 is 5.32 Å². The predicted molar refractivity (Wildman–Crippen MR) is 84.9 cm³/mol. The molecule has 4 N–H and O–H groups in total. The van der Waals surface area contributed by atoms with Gasteiger partial charge in [0, 0.05) is 18.2 Å². The van der Waals surface area contributed by atoms with Crippen LogP contribution in [0.4, 0.5) is 5.69 Å². The topological polar surface area (TPSA) is 91.2 Å². The van der Waals surface area contributed by atoms with E-state index < -0.39 is 30.5 Å². The molecule has 0 aromatic heterocycles. The minimum atomic E-state index is -0.952. The van der Waals surface area contributed by atoms with Gasteiger partial charge in [-0.3, -0.25) is 0 Å². The second-order valence-corrected chi connectivity index (χ2v) is 6.39. The van der Waals surface area contributed by atoms with Crippen LogP contribution in [-0.4, -0.2) is 59.7 Å². The van der Waals surface area contributed by atoms with Gasteiger partial charge in [-0.05, 0) is 30.9 Å². The summed E-state index contributed by atoms with van der Waals surface area (Å²) in [4.78, 5) is 0. The number of nitrogens with one attached hydrogen (secondary N) is 1. The van der Waals surface area contributed by atoms with Gasteiger partial charge in [0.1, 0.15) is 12.2 Å². The van der Waals surface area contributed by atoms with Crippen LogP contribution in [0.2, 0.25) is 0 Å². The van der Waals surface area contributed by atoms with E-state index in [0.29, 0.717) is 19.1 Å². The van der Waals surface area contributed by atoms with Crippen molar-refractivity contribution in [3.05, 3.63) is 30.3 Å². The molecule has 1 aromatic carbocycles. The standard InChI is InChI=1S/C17H25NO5/c19-9-14-15(20)13(8-18-12-4-2-1-3-5-12)16(21)17(23-14)22-10-11-6-7-11/h1-5,11,13-21H,6-10H2/t13-,14+,15+,16-,17-/m0/s1. The fraction of sp³-hybridized carbons (Fsp3) is 0.647. The van der Waals surface area contributed by atoms with Gasteiger partial charge < -0.3 is 30.1 Å². The highest BCUT2D eigenvalue weighted by Gasteiger charge is 2.45. The molecule has 0 amide bonds. The van der Waals surface area contributed by atoms with Gasteiger partial charge in [-0.2, -0.15) is 0 Å². The molecule has 1 heterocycles. The van der Waals surface area contributed by atoms with E-state index in [-0.39, 0.29) is 6.61 Å². The number of ether oxygens (including phenoxy) is 2. The third kappa shape index (κ3) is 4.22. The van der Waals surface area contributed by atoms with Crippen molar-refractivity contribution < 1.29 is 24.8 Å². The summed E-state index contributed by atoms with van der Waals surface area (Å²) in [6.45, 7) is 0.614. The molecule has 0 radical (unpaired) electrons. The first-order chi connectivity index (χ1) is 11.2. The fourth-order valence-electron chi connectivity index (χ4n) is 2.85. The van der Waals surface area contributed by atoms with Crippen molar-refractivity contribution in [3.63, 3.8) is 0 Å². The third-order valence-corrected chi connectivity index (χ3v) is 4.53. The van der Waals surface area contributed by atoms with E-state index in [9.17, 15) is 15.3 Å². The van der Waals surface area contributed by atoms with Gasteiger partial charge in [-0.15, -0.1) is 0 Å². The summed E-state index contributed by atoms with van der Waals surface area (Å²) in [5.41, 5.74) is 0.911. The largest absolute Gasteiger partial charge is 0.394 e. The maximum Gasteiger partial charge on any atom is 0.184 e. The van der Waals surface area contributed by atoms with Gasteiger partial charge in [-0.25, -0.2) is 0 Å². The molecule has 1 saturated heterocycles. The Morgan fingerprint density at radius 2 is 1.87 bits per heavy atom. The normalized spacial score (nSPS) is 34.3. The molecule has 5 atom stereocenters. The van der Waals surface area contributed by atoms with Crippen LogP contribution in [0, 0.1) is 11.8 Å². The van der Waals surface area contributed by atoms with Crippen LogP contribution in [0.1, 0.15) is 12.8 Å². The Labute approximate surface area is 136 Å². The molecule has 2 fully saturated rings. The average molecular weight is 323 g/mol. The van der Waals surface area contributed by atoms with Gasteiger partial charge >= 0.3 is 0 Å². The lowest BCUT2D eigenvalue weighted by Crippen LogP contribution is -2.58. The number of hydrogen-bond acceptors (Lipinski definition) is 6. The summed E-state index contributed by atoms with van der Waals surface area (Å²) >= 11 is 0. The van der Waals surface area contributed by atoms with E-state index in [1.807, 2.05) is 30.3 Å². The highest BCUT2D eigenvalue weighted by atomic mass is 16.7. The Hall–Kier alpha value is -1.18. The molecule has 0 bridgehead atoms. The minimum Gasteiger partial charge on any atom is -0.394 e. The van der Waals surface area contributed by atoms with Crippen LogP contribution in [0.3, 0.4) is 0 Å². The van der Waals surface area contributed by atoms with Crippen molar-refractivity contribution in [3.8, 4) is 0 Å². The Kier molecular flexibility index (Phi) is 5.50. The fourth-order valence-corrected chi connectivity index (χ4v) is 2.85. The Balaban J connectivity index is 1.61. The van der Waals surface area contributed by atoms with Gasteiger partial charge in [0.15, 0.2) is 6.29 Å². The van der Waals surface area contributed by atoms with Gasteiger partial charge in [0.2, 0.25) is 0 Å². The predicted octanol–water partition coefficient (Wildman–Crippen LogP) is 0.580. The zero-order valence-electron chi connectivity index (χ0n) is 13.0. The molecular formula is C17H25NO5. The van der Waals surface area contributed by atoms with Crippen LogP contribution in [-0.2, 0) is 9.47 Å². The number of hydrogen-bond donors (Lipinski definition) is 4. The molecule has 1 saturated carbocycles. The number of aliphatic hydroxyl groups excluding tert-OH is 3. The quantitative estimate of drug-likeness (QED) is 0.587. The Morgan fingerprint density at radius 3 is 2.52 bits per heavy atom. The molecule has 2 aliphatic rings. The van der Waals surface area contributed by atoms with E-state index in [1.54, 1.807) is 0 Å². The summed E-state index contributed by atoms with van der Waals surface area (Å²) in [5.74, 6) is 0.0661. The molecular weight excluding hydrogens is 298 g/mol. The molecule has 128 valence electrons. The summed E-state index contributed by atoms with van der Waals surface area (Å²) in [7, 11) is 0. The molecule has 6 nitrogen and oxygen atoms in total. The summed E-state index contributed by atoms with van der Waals surface area (Å²) in [6.07, 6.45) is -1.15. The number of aliphatic hydroxyl groups is 3. The second kappa shape index (κ2) is 7.59. The van der Waals surface area contributed by atoms with Crippen molar-refractivity contribution >= 4 is 5.69 Å². The molecule has 23 heavy (non-hydrogen) atoms. The number of rotatable bonds is 7. The molecule has 6 heteroatoms. The molecule has 3 rings (SSSR count). The summed E-state index contributed by atoms with van der Waals surface area (Å²) in [6, 6.07) is 9.59. The monoisotopic (exact) mass is 323 g/mol. The summed E-state index contributed by atoms with van der Waals surface area (Å²) < 4.78 is 11.2. The maximum atomic E-state index is 10.5. The van der Waals surface area contributed by atoms with Crippen LogP contribution in [0.25, 0.3) is 0 Å². The van der Waals surface area contributed by atoms with E-state index >= 15 is 0 Å². The lowest BCUT2D eigenvalue weighted by molar-refractivity contribution is -0.289. The van der Waals surface area contributed by atoms with Gasteiger partial charge in [0.25, 0.3) is 0 Å². The Bertz CT molecular complexity index is 481. The van der Waals surface area contributed by atoms with Crippen molar-refractivity contribution in [1.82, 2.24) is 0 Å². The van der Waals surface area contributed by atoms with Crippen molar-refractivity contribution in [1.29, 1.82) is 0 Å². The van der Waals surface area contributed by atoms with Crippen molar-refractivity contribution in [2.75, 3.05) is 25.1 Å². The highest BCUT2D eigenvalue weighted by Crippen LogP contribution is 2.32. The lowest BCUT2D eigenvalue weighted by Gasteiger charge is -2.42. The zero-order valence-corrected chi connectivity index (χ0v) is 13.0. The van der Waals surface area contributed by atoms with Crippen LogP contribution in [0.15, 0.2) is 30.3 Å². The van der Waals surface area contributed by atoms with E-state index in [2.05, 4.69) is 5.32 Å². The van der Waals surface area contributed by atoms with Crippen molar-refractivity contribution in [2.24, 2.45) is 11.8 Å².